The van der Waals surface area contributed by atoms with Crippen LogP contribution in [0.3, 0.4) is 0 Å². The first kappa shape index (κ1) is 25.3. The molecule has 3 aromatic heterocycles. The fourth-order valence-electron chi connectivity index (χ4n) is 3.66. The Kier molecular flexibility index (Phi) is 6.09. The minimum absolute atomic E-state index is 0.00329. The van der Waals surface area contributed by atoms with Crippen LogP contribution in [-0.4, -0.2) is 19.7 Å². The highest BCUT2D eigenvalue weighted by molar-refractivity contribution is 5.59. The van der Waals surface area contributed by atoms with Crippen LogP contribution in [0.5, 0.6) is 0 Å². The number of alkyl halides is 6. The van der Waals surface area contributed by atoms with Crippen molar-refractivity contribution in [3.63, 3.8) is 0 Å². The second-order valence-electron chi connectivity index (χ2n) is 8.39. The maximum absolute atomic E-state index is 14.2. The third-order valence-corrected chi connectivity index (χ3v) is 5.53. The summed E-state index contributed by atoms with van der Waals surface area (Å²) in [5.74, 6) is -2.20. The molecule has 4 rings (SSSR count). The quantitative estimate of drug-likeness (QED) is 0.219. The highest BCUT2D eigenvalue weighted by Gasteiger charge is 2.42. The molecule has 0 spiro atoms. The van der Waals surface area contributed by atoms with Gasteiger partial charge >= 0.3 is 12.4 Å². The molecule has 0 unspecified atom stereocenters. The summed E-state index contributed by atoms with van der Waals surface area (Å²) in [6, 6.07) is 9.96. The van der Waals surface area contributed by atoms with E-state index < -0.39 is 46.5 Å². The van der Waals surface area contributed by atoms with E-state index in [0.717, 1.165) is 28.9 Å². The van der Waals surface area contributed by atoms with E-state index in [1.807, 2.05) is 0 Å². The minimum atomic E-state index is -4.89. The molecule has 3 heterocycles. The summed E-state index contributed by atoms with van der Waals surface area (Å²) in [5.41, 5.74) is -4.59. The van der Waals surface area contributed by atoms with Crippen LogP contribution in [-0.2, 0) is 17.8 Å². The first-order valence-corrected chi connectivity index (χ1v) is 10.3. The molecule has 0 aliphatic rings. The highest BCUT2D eigenvalue weighted by Crippen LogP contribution is 2.41. The van der Waals surface area contributed by atoms with Crippen LogP contribution in [0.4, 0.5) is 35.1 Å². The molecule has 0 aliphatic carbocycles. The second-order valence-corrected chi connectivity index (χ2v) is 8.39. The van der Waals surface area contributed by atoms with Crippen molar-refractivity contribution < 1.29 is 35.1 Å². The van der Waals surface area contributed by atoms with Crippen LogP contribution in [0, 0.1) is 11.9 Å². The van der Waals surface area contributed by atoms with Crippen LogP contribution in [0.1, 0.15) is 36.4 Å². The molecule has 0 saturated heterocycles. The van der Waals surface area contributed by atoms with Gasteiger partial charge in [-0.15, -0.1) is 0 Å². The zero-order valence-electron chi connectivity index (χ0n) is 18.6. The Bertz CT molecular complexity index is 1420. The molecule has 0 bridgehead atoms. The number of rotatable bonds is 4. The van der Waals surface area contributed by atoms with Crippen molar-refractivity contribution in [3.05, 3.63) is 95.2 Å². The Morgan fingerprint density at radius 1 is 0.778 bits per heavy atom. The number of aromatic nitrogens is 4. The molecular formula is C24H16F8N4. The Hall–Kier alpha value is -3.83. The molecule has 0 fully saturated rings. The largest absolute Gasteiger partial charge is 0.419 e. The molecule has 0 radical (unpaired) electrons. The van der Waals surface area contributed by atoms with E-state index in [1.165, 1.54) is 38.1 Å². The molecular weight excluding hydrogens is 496 g/mol. The second kappa shape index (κ2) is 8.68. The van der Waals surface area contributed by atoms with Crippen LogP contribution < -0.4 is 0 Å². The fraction of sp³-hybridized carbons (Fsp3) is 0.208. The highest BCUT2D eigenvalue weighted by atomic mass is 19.4. The normalized spacial score (nSPS) is 12.7. The van der Waals surface area contributed by atoms with E-state index in [1.54, 1.807) is 0 Å². The Morgan fingerprint density at radius 2 is 1.47 bits per heavy atom. The van der Waals surface area contributed by atoms with Gasteiger partial charge in [0.15, 0.2) is 0 Å². The molecule has 36 heavy (non-hydrogen) atoms. The van der Waals surface area contributed by atoms with E-state index in [0.29, 0.717) is 12.3 Å². The van der Waals surface area contributed by atoms with E-state index in [2.05, 4.69) is 15.1 Å². The monoisotopic (exact) mass is 512 g/mol. The van der Waals surface area contributed by atoms with Crippen LogP contribution >= 0.6 is 0 Å². The lowest BCUT2D eigenvalue weighted by Crippen LogP contribution is -2.25. The van der Waals surface area contributed by atoms with Crippen molar-refractivity contribution in [1.29, 1.82) is 0 Å². The van der Waals surface area contributed by atoms with Crippen molar-refractivity contribution in [1.82, 2.24) is 19.7 Å². The van der Waals surface area contributed by atoms with Gasteiger partial charge in [0.1, 0.15) is 0 Å². The Morgan fingerprint density at radius 3 is 2.11 bits per heavy atom. The number of hydrogen-bond donors (Lipinski definition) is 0. The van der Waals surface area contributed by atoms with Crippen LogP contribution in [0.2, 0.25) is 0 Å². The van der Waals surface area contributed by atoms with Gasteiger partial charge in [0, 0.05) is 6.20 Å². The maximum atomic E-state index is 14.2. The van der Waals surface area contributed by atoms with E-state index in [-0.39, 0.29) is 22.6 Å². The van der Waals surface area contributed by atoms with Gasteiger partial charge in [-0.05, 0) is 56.3 Å². The summed E-state index contributed by atoms with van der Waals surface area (Å²) < 4.78 is 109. The smallest absolute Gasteiger partial charge is 0.252 e. The summed E-state index contributed by atoms with van der Waals surface area (Å²) in [6.45, 7) is 2.79. The molecule has 0 saturated carbocycles. The zero-order chi connectivity index (χ0) is 26.5. The lowest BCUT2D eigenvalue weighted by Gasteiger charge is -2.24. The molecule has 12 heteroatoms. The van der Waals surface area contributed by atoms with Gasteiger partial charge in [-0.1, -0.05) is 12.1 Å². The van der Waals surface area contributed by atoms with E-state index in [9.17, 15) is 35.1 Å². The summed E-state index contributed by atoms with van der Waals surface area (Å²) in [6.07, 6.45) is -8.98. The van der Waals surface area contributed by atoms with Crippen molar-refractivity contribution in [2.45, 2.75) is 31.6 Å². The summed E-state index contributed by atoms with van der Waals surface area (Å²) in [4.78, 5) is 7.36. The first-order chi connectivity index (χ1) is 16.7. The van der Waals surface area contributed by atoms with Crippen molar-refractivity contribution in [2.24, 2.45) is 0 Å². The molecule has 188 valence electrons. The standard InChI is InChI=1S/C24H16F8N4/c1-22(2,18-8-4-7-17(33-18)15-9-10-19(25)34-21(15)26)20-16(24(30,31)32)12-36(35-20)14-6-3-5-13(11-14)23(27,28)29/h3-12H,1-2H3. The number of hydrogen-bond acceptors (Lipinski definition) is 3. The fourth-order valence-corrected chi connectivity index (χ4v) is 3.66. The predicted octanol–water partition coefficient (Wildman–Crippen LogP) is 6.97. The molecule has 0 amide bonds. The lowest BCUT2D eigenvalue weighted by molar-refractivity contribution is -0.139. The van der Waals surface area contributed by atoms with Gasteiger partial charge in [-0.25, -0.2) is 4.68 Å². The predicted molar refractivity (Wildman–Crippen MR) is 113 cm³/mol. The summed E-state index contributed by atoms with van der Waals surface area (Å²) >= 11 is 0. The maximum Gasteiger partial charge on any atom is 0.419 e. The molecule has 0 N–H and O–H groups in total. The number of nitrogens with zero attached hydrogens (tertiary/aromatic N) is 4. The lowest BCUT2D eigenvalue weighted by atomic mass is 9.83. The van der Waals surface area contributed by atoms with Crippen LogP contribution in [0.15, 0.2) is 60.8 Å². The Balaban J connectivity index is 1.84. The molecule has 4 nitrogen and oxygen atoms in total. The molecule has 0 atom stereocenters. The third-order valence-electron chi connectivity index (χ3n) is 5.53. The van der Waals surface area contributed by atoms with E-state index in [4.69, 9.17) is 0 Å². The van der Waals surface area contributed by atoms with Gasteiger partial charge in [0.2, 0.25) is 11.9 Å². The Labute approximate surface area is 199 Å². The summed E-state index contributed by atoms with van der Waals surface area (Å²) in [7, 11) is 0. The van der Waals surface area contributed by atoms with Crippen molar-refractivity contribution in [3.8, 4) is 16.9 Å². The van der Waals surface area contributed by atoms with Crippen molar-refractivity contribution >= 4 is 0 Å². The van der Waals surface area contributed by atoms with Crippen LogP contribution in [0.25, 0.3) is 16.9 Å². The van der Waals surface area contributed by atoms with E-state index >= 15 is 0 Å². The van der Waals surface area contributed by atoms with Gasteiger partial charge < -0.3 is 0 Å². The number of pyridine rings is 2. The molecule has 0 aliphatic heterocycles. The third kappa shape index (κ3) is 4.79. The average Bonchev–Trinajstić information content (AvgIpc) is 3.26. The summed E-state index contributed by atoms with van der Waals surface area (Å²) in [5, 5.41) is 4.00. The number of halogens is 8. The van der Waals surface area contributed by atoms with Gasteiger partial charge in [0.05, 0.1) is 44.9 Å². The molecule has 1 aromatic carbocycles. The van der Waals surface area contributed by atoms with Crippen molar-refractivity contribution in [2.75, 3.05) is 0 Å². The molecule has 4 aromatic rings. The number of benzene rings is 1. The van der Waals surface area contributed by atoms with Gasteiger partial charge in [-0.3, -0.25) is 4.98 Å². The minimum Gasteiger partial charge on any atom is -0.252 e. The van der Waals surface area contributed by atoms with Gasteiger partial charge in [0.25, 0.3) is 0 Å². The SMILES string of the molecule is CC(C)(c1cccc(-c2ccc(F)nc2F)n1)c1nn(-c2cccc(C(F)(F)F)c2)cc1C(F)(F)F. The topological polar surface area (TPSA) is 43.6 Å². The average molecular weight is 512 g/mol. The van der Waals surface area contributed by atoms with Gasteiger partial charge in [-0.2, -0.15) is 45.2 Å². The first-order valence-electron chi connectivity index (χ1n) is 10.3. The zero-order valence-corrected chi connectivity index (χ0v) is 18.6.